The van der Waals surface area contributed by atoms with Gasteiger partial charge in [0, 0.05) is 13.0 Å². The highest BCUT2D eigenvalue weighted by Gasteiger charge is 2.16. The van der Waals surface area contributed by atoms with Crippen LogP contribution in [0.3, 0.4) is 0 Å². The van der Waals surface area contributed by atoms with Crippen LogP contribution in [0.15, 0.2) is 30.3 Å². The molecule has 7 nitrogen and oxygen atoms in total. The number of carbonyl (C=O) groups excluding carboxylic acids is 2. The molecule has 24 heavy (non-hydrogen) atoms. The van der Waals surface area contributed by atoms with E-state index in [0.29, 0.717) is 6.07 Å². The molecule has 9 heteroatoms. The Bertz CT molecular complexity index is 839. The smallest absolute Gasteiger partial charge is 0.354 e. The van der Waals surface area contributed by atoms with E-state index in [4.69, 9.17) is 5.11 Å². The zero-order valence-corrected chi connectivity index (χ0v) is 12.3. The predicted molar refractivity (Wildman–Crippen MR) is 79.8 cm³/mol. The number of pyridine rings is 1. The molecule has 0 unspecified atom stereocenters. The Morgan fingerprint density at radius 1 is 1.00 bits per heavy atom. The largest absolute Gasteiger partial charge is 0.477 e. The number of nitrogens with zero attached hydrogens (tertiary/aromatic N) is 1. The lowest BCUT2D eigenvalue weighted by Gasteiger charge is -2.10. The molecule has 2 amide bonds. The van der Waals surface area contributed by atoms with Crippen molar-refractivity contribution >= 4 is 29.2 Å². The number of carboxylic acid groups (broad SMARTS) is 1. The summed E-state index contributed by atoms with van der Waals surface area (Å²) >= 11 is 0. The molecule has 0 bridgehead atoms. The minimum atomic E-state index is -1.33. The average Bonchev–Trinajstić information content (AvgIpc) is 2.51. The Labute approximate surface area is 134 Å². The molecule has 0 atom stereocenters. The third kappa shape index (κ3) is 3.88. The number of nitrogens with one attached hydrogen (secondary N) is 2. The highest BCUT2D eigenvalue weighted by Crippen LogP contribution is 2.24. The first kappa shape index (κ1) is 17.0. The molecule has 2 rings (SSSR count). The predicted octanol–water partition coefficient (Wildman–Crippen LogP) is 2.27. The maximum atomic E-state index is 13.8. The minimum Gasteiger partial charge on any atom is -0.477 e. The summed E-state index contributed by atoms with van der Waals surface area (Å²) in [5.74, 6) is -4.87. The number of halogens is 2. The second kappa shape index (κ2) is 6.82. The van der Waals surface area contributed by atoms with Gasteiger partial charge in [-0.05, 0) is 18.2 Å². The van der Waals surface area contributed by atoms with Gasteiger partial charge in [-0.25, -0.2) is 18.6 Å². The molecule has 0 saturated carbocycles. The van der Waals surface area contributed by atoms with Gasteiger partial charge < -0.3 is 15.7 Å². The molecule has 0 aliphatic rings. The fourth-order valence-corrected chi connectivity index (χ4v) is 1.80. The van der Waals surface area contributed by atoms with Crippen LogP contribution in [0.5, 0.6) is 0 Å². The first-order chi connectivity index (χ1) is 11.3. The van der Waals surface area contributed by atoms with E-state index < -0.39 is 35.1 Å². The Kier molecular flexibility index (Phi) is 4.83. The number of aromatic carboxylic acids is 1. The fourth-order valence-electron chi connectivity index (χ4n) is 1.80. The normalized spacial score (nSPS) is 10.1. The average molecular weight is 335 g/mol. The number of hydrogen-bond donors (Lipinski definition) is 3. The number of benzene rings is 1. The Morgan fingerprint density at radius 3 is 2.17 bits per heavy atom. The number of carbonyl (C=O) groups is 3. The summed E-state index contributed by atoms with van der Waals surface area (Å²) in [6, 6.07) is 5.13. The molecule has 0 fully saturated rings. The molecule has 1 heterocycles. The fraction of sp³-hybridized carbons (Fsp3) is 0.0667. The van der Waals surface area contributed by atoms with Crippen LogP contribution in [0.4, 0.5) is 20.2 Å². The Hall–Kier alpha value is -3.36. The standard InChI is InChI=1S/C15H11F2N3O4/c1-7(21)18-12-6-13(9(17)5-8(12)16)20-14(22)10-3-2-4-11(19-10)15(23)24/h2-6H,1H3,(H,18,21)(H,20,22)(H,23,24). The van der Waals surface area contributed by atoms with Crippen molar-refractivity contribution in [1.29, 1.82) is 0 Å². The Balaban J connectivity index is 2.30. The van der Waals surface area contributed by atoms with Gasteiger partial charge in [0.05, 0.1) is 11.4 Å². The van der Waals surface area contributed by atoms with Crippen molar-refractivity contribution in [2.75, 3.05) is 10.6 Å². The van der Waals surface area contributed by atoms with Crippen molar-refractivity contribution in [2.24, 2.45) is 0 Å². The van der Waals surface area contributed by atoms with Gasteiger partial charge in [-0.2, -0.15) is 0 Å². The van der Waals surface area contributed by atoms with Gasteiger partial charge in [0.25, 0.3) is 5.91 Å². The first-order valence-corrected chi connectivity index (χ1v) is 6.56. The number of aromatic nitrogens is 1. The van der Waals surface area contributed by atoms with Crippen LogP contribution in [0, 0.1) is 11.6 Å². The van der Waals surface area contributed by atoms with E-state index in [0.717, 1.165) is 13.0 Å². The summed E-state index contributed by atoms with van der Waals surface area (Å²) in [5, 5.41) is 13.1. The van der Waals surface area contributed by atoms with Gasteiger partial charge in [-0.15, -0.1) is 0 Å². The van der Waals surface area contributed by atoms with Crippen molar-refractivity contribution in [1.82, 2.24) is 4.98 Å². The molecule has 3 N–H and O–H groups in total. The maximum absolute atomic E-state index is 13.8. The maximum Gasteiger partial charge on any atom is 0.354 e. The van der Waals surface area contributed by atoms with Crippen LogP contribution in [-0.2, 0) is 4.79 Å². The van der Waals surface area contributed by atoms with E-state index >= 15 is 0 Å². The second-order valence-corrected chi connectivity index (χ2v) is 4.66. The number of amides is 2. The van der Waals surface area contributed by atoms with Crippen molar-refractivity contribution in [3.05, 3.63) is 53.4 Å². The third-order valence-corrected chi connectivity index (χ3v) is 2.82. The van der Waals surface area contributed by atoms with E-state index in [1.165, 1.54) is 18.2 Å². The molecule has 0 aliphatic heterocycles. The van der Waals surface area contributed by atoms with Crippen LogP contribution in [0.1, 0.15) is 27.9 Å². The Morgan fingerprint density at radius 2 is 1.58 bits per heavy atom. The summed E-state index contributed by atoms with van der Waals surface area (Å²) in [5.41, 5.74) is -1.33. The van der Waals surface area contributed by atoms with E-state index in [-0.39, 0.29) is 17.1 Å². The molecule has 0 saturated heterocycles. The van der Waals surface area contributed by atoms with Gasteiger partial charge in [-0.1, -0.05) is 6.07 Å². The van der Waals surface area contributed by atoms with E-state index in [1.807, 2.05) is 0 Å². The van der Waals surface area contributed by atoms with Crippen molar-refractivity contribution in [3.63, 3.8) is 0 Å². The highest BCUT2D eigenvalue weighted by molar-refractivity contribution is 6.04. The number of rotatable bonds is 4. The minimum absolute atomic E-state index is 0.264. The second-order valence-electron chi connectivity index (χ2n) is 4.66. The summed E-state index contributed by atoms with van der Waals surface area (Å²) in [6.45, 7) is 1.14. The lowest BCUT2D eigenvalue weighted by Crippen LogP contribution is -2.17. The molecule has 1 aromatic carbocycles. The van der Waals surface area contributed by atoms with Crippen LogP contribution in [0.25, 0.3) is 0 Å². The van der Waals surface area contributed by atoms with Crippen LogP contribution < -0.4 is 10.6 Å². The summed E-state index contributed by atoms with van der Waals surface area (Å²) in [4.78, 5) is 37.5. The number of anilines is 2. The number of carboxylic acids is 1. The highest BCUT2D eigenvalue weighted by atomic mass is 19.1. The number of hydrogen-bond acceptors (Lipinski definition) is 4. The van der Waals surface area contributed by atoms with Gasteiger partial charge in [0.2, 0.25) is 5.91 Å². The van der Waals surface area contributed by atoms with Crippen molar-refractivity contribution in [2.45, 2.75) is 6.92 Å². The molecular weight excluding hydrogens is 324 g/mol. The molecular formula is C15H11F2N3O4. The molecule has 2 aromatic rings. The molecule has 124 valence electrons. The lowest BCUT2D eigenvalue weighted by molar-refractivity contribution is -0.114. The SMILES string of the molecule is CC(=O)Nc1cc(NC(=O)c2cccc(C(=O)O)n2)c(F)cc1F. The van der Waals surface area contributed by atoms with Crippen LogP contribution >= 0.6 is 0 Å². The lowest BCUT2D eigenvalue weighted by atomic mass is 10.2. The molecule has 0 aliphatic carbocycles. The van der Waals surface area contributed by atoms with E-state index in [9.17, 15) is 23.2 Å². The van der Waals surface area contributed by atoms with Crippen LogP contribution in [0.2, 0.25) is 0 Å². The topological polar surface area (TPSA) is 108 Å². The van der Waals surface area contributed by atoms with Gasteiger partial charge in [0.15, 0.2) is 0 Å². The van der Waals surface area contributed by atoms with Gasteiger partial charge in [-0.3, -0.25) is 9.59 Å². The molecule has 0 spiro atoms. The van der Waals surface area contributed by atoms with Gasteiger partial charge >= 0.3 is 5.97 Å². The van der Waals surface area contributed by atoms with E-state index in [2.05, 4.69) is 15.6 Å². The zero-order chi connectivity index (χ0) is 17.9. The van der Waals surface area contributed by atoms with Crippen molar-refractivity contribution in [3.8, 4) is 0 Å². The van der Waals surface area contributed by atoms with Crippen molar-refractivity contribution < 1.29 is 28.3 Å². The molecule has 0 radical (unpaired) electrons. The third-order valence-electron chi connectivity index (χ3n) is 2.82. The quantitative estimate of drug-likeness (QED) is 0.794. The van der Waals surface area contributed by atoms with Gasteiger partial charge in [0.1, 0.15) is 23.0 Å². The summed E-state index contributed by atoms with van der Waals surface area (Å²) < 4.78 is 27.3. The van der Waals surface area contributed by atoms with E-state index in [1.54, 1.807) is 0 Å². The van der Waals surface area contributed by atoms with Crippen LogP contribution in [-0.4, -0.2) is 27.9 Å². The molecule has 1 aromatic heterocycles. The first-order valence-electron chi connectivity index (χ1n) is 6.56. The summed E-state index contributed by atoms with van der Waals surface area (Å²) in [6.07, 6.45) is 0. The monoisotopic (exact) mass is 335 g/mol. The summed E-state index contributed by atoms with van der Waals surface area (Å²) in [7, 11) is 0. The zero-order valence-electron chi connectivity index (χ0n) is 12.3.